The summed E-state index contributed by atoms with van der Waals surface area (Å²) >= 11 is 0. The summed E-state index contributed by atoms with van der Waals surface area (Å²) in [5, 5.41) is 9.46. The first-order valence-electron chi connectivity index (χ1n) is 12.7. The zero-order valence-electron chi connectivity index (χ0n) is 22.6. The molecule has 0 amide bonds. The average molecular weight is 524 g/mol. The number of aromatic nitrogens is 5. The van der Waals surface area contributed by atoms with Crippen LogP contribution < -0.4 is 14.2 Å². The van der Waals surface area contributed by atoms with E-state index in [0.717, 1.165) is 27.7 Å². The van der Waals surface area contributed by atoms with E-state index in [1.165, 1.54) is 5.56 Å². The summed E-state index contributed by atoms with van der Waals surface area (Å²) in [5.74, 6) is 2.80. The third kappa shape index (κ3) is 4.60. The Bertz CT molecular complexity index is 1800. The Morgan fingerprint density at radius 1 is 0.821 bits per heavy atom. The Labute approximate surface area is 225 Å². The van der Waals surface area contributed by atoms with E-state index in [2.05, 4.69) is 43.1 Å². The van der Waals surface area contributed by atoms with Crippen LogP contribution in [0.4, 0.5) is 0 Å². The van der Waals surface area contributed by atoms with Gasteiger partial charge in [-0.1, -0.05) is 51.1 Å². The third-order valence-electron chi connectivity index (χ3n) is 6.74. The predicted molar refractivity (Wildman–Crippen MR) is 149 cm³/mol. The van der Waals surface area contributed by atoms with E-state index in [1.807, 2.05) is 53.1 Å². The molecule has 0 aliphatic carbocycles. The monoisotopic (exact) mass is 523 g/mol. The number of ether oxygens (including phenoxy) is 3. The summed E-state index contributed by atoms with van der Waals surface area (Å²) < 4.78 is 24.8. The van der Waals surface area contributed by atoms with E-state index in [1.54, 1.807) is 14.2 Å². The van der Waals surface area contributed by atoms with E-state index in [4.69, 9.17) is 28.6 Å². The lowest BCUT2D eigenvalue weighted by Gasteiger charge is -2.19. The molecular weight excluding hydrogens is 494 g/mol. The molecule has 0 fully saturated rings. The van der Waals surface area contributed by atoms with Crippen molar-refractivity contribution in [2.75, 3.05) is 14.2 Å². The Morgan fingerprint density at radius 2 is 1.49 bits per heavy atom. The SMILES string of the molecule is COc1cc2nc3c4ccccc4n(Cc4nnc(COc5ccc(C(C)(C)C)cc5)o4)c3nc2cc1OC. The van der Waals surface area contributed by atoms with Crippen molar-refractivity contribution in [3.63, 3.8) is 0 Å². The van der Waals surface area contributed by atoms with Crippen LogP contribution >= 0.6 is 0 Å². The molecule has 0 aliphatic rings. The Hall–Kier alpha value is -4.66. The molecule has 0 aliphatic heterocycles. The second kappa shape index (κ2) is 9.58. The zero-order chi connectivity index (χ0) is 27.1. The zero-order valence-corrected chi connectivity index (χ0v) is 22.6. The second-order valence-corrected chi connectivity index (χ2v) is 10.3. The molecule has 198 valence electrons. The molecule has 0 atom stereocenters. The maximum atomic E-state index is 5.96. The van der Waals surface area contributed by atoms with Gasteiger partial charge in [-0.15, -0.1) is 10.2 Å². The quantitative estimate of drug-likeness (QED) is 0.249. The molecule has 0 radical (unpaired) electrons. The van der Waals surface area contributed by atoms with Crippen LogP contribution in [0.15, 0.2) is 65.1 Å². The number of hydrogen-bond acceptors (Lipinski definition) is 8. The van der Waals surface area contributed by atoms with Gasteiger partial charge in [0.25, 0.3) is 5.89 Å². The molecular formula is C30H29N5O4. The van der Waals surface area contributed by atoms with Crippen molar-refractivity contribution in [3.05, 3.63) is 78.0 Å². The van der Waals surface area contributed by atoms with Gasteiger partial charge in [0.2, 0.25) is 5.89 Å². The van der Waals surface area contributed by atoms with Crippen molar-refractivity contribution in [1.29, 1.82) is 0 Å². The first-order chi connectivity index (χ1) is 18.8. The highest BCUT2D eigenvalue weighted by Crippen LogP contribution is 2.34. The summed E-state index contributed by atoms with van der Waals surface area (Å²) in [6, 6.07) is 19.8. The first kappa shape index (κ1) is 24.7. The van der Waals surface area contributed by atoms with E-state index >= 15 is 0 Å². The average Bonchev–Trinajstić information content (AvgIpc) is 3.52. The molecule has 6 aromatic rings. The molecule has 0 bridgehead atoms. The molecule has 3 aromatic heterocycles. The van der Waals surface area contributed by atoms with Gasteiger partial charge in [-0.2, -0.15) is 0 Å². The van der Waals surface area contributed by atoms with Crippen molar-refractivity contribution in [1.82, 2.24) is 24.7 Å². The van der Waals surface area contributed by atoms with Gasteiger partial charge in [-0.25, -0.2) is 9.97 Å². The van der Waals surface area contributed by atoms with Crippen LogP contribution in [0.1, 0.15) is 38.1 Å². The van der Waals surface area contributed by atoms with Gasteiger partial charge in [-0.05, 0) is 29.2 Å². The standard InChI is InChI=1S/C30H29N5O4/c1-30(2,3)18-10-12-19(13-11-18)38-17-27-34-33-26(39-27)16-35-23-9-7-6-8-20(23)28-29(35)32-22-15-25(37-5)24(36-4)14-21(22)31-28/h6-15H,16-17H2,1-5H3. The number of methoxy groups -OCH3 is 2. The highest BCUT2D eigenvalue weighted by Gasteiger charge is 2.19. The molecule has 0 N–H and O–H groups in total. The van der Waals surface area contributed by atoms with Crippen LogP contribution in [0.25, 0.3) is 33.1 Å². The molecule has 3 aromatic carbocycles. The summed E-state index contributed by atoms with van der Waals surface area (Å²) in [6.45, 7) is 7.07. The number of benzene rings is 3. The van der Waals surface area contributed by atoms with Crippen LogP contribution in [0.2, 0.25) is 0 Å². The van der Waals surface area contributed by atoms with E-state index in [9.17, 15) is 0 Å². The summed E-state index contributed by atoms with van der Waals surface area (Å²) in [5.41, 5.74) is 5.21. The number of para-hydroxylation sites is 1. The van der Waals surface area contributed by atoms with Gasteiger partial charge in [-0.3, -0.25) is 0 Å². The van der Waals surface area contributed by atoms with Crippen molar-refractivity contribution < 1.29 is 18.6 Å². The maximum Gasteiger partial charge on any atom is 0.253 e. The van der Waals surface area contributed by atoms with E-state index in [0.29, 0.717) is 41.0 Å². The largest absolute Gasteiger partial charge is 0.493 e. The predicted octanol–water partition coefficient (Wildman–Crippen LogP) is 6.06. The second-order valence-electron chi connectivity index (χ2n) is 10.3. The molecule has 0 spiro atoms. The number of fused-ring (bicyclic) bond motifs is 4. The lowest BCUT2D eigenvalue weighted by Crippen LogP contribution is -2.10. The topological polar surface area (TPSA) is 97.3 Å². The molecule has 6 rings (SSSR count). The summed E-state index contributed by atoms with van der Waals surface area (Å²) in [7, 11) is 3.21. The lowest BCUT2D eigenvalue weighted by atomic mass is 9.87. The fourth-order valence-electron chi connectivity index (χ4n) is 4.67. The van der Waals surface area contributed by atoms with Gasteiger partial charge >= 0.3 is 0 Å². The maximum absolute atomic E-state index is 5.96. The normalized spacial score (nSPS) is 11.9. The number of hydrogen-bond donors (Lipinski definition) is 0. The Kier molecular flexibility index (Phi) is 6.06. The number of nitrogens with zero attached hydrogens (tertiary/aromatic N) is 5. The molecule has 0 unspecified atom stereocenters. The third-order valence-corrected chi connectivity index (χ3v) is 6.74. The van der Waals surface area contributed by atoms with Gasteiger partial charge in [0, 0.05) is 17.5 Å². The smallest absolute Gasteiger partial charge is 0.253 e. The first-order valence-corrected chi connectivity index (χ1v) is 12.7. The van der Waals surface area contributed by atoms with Gasteiger partial charge in [0.1, 0.15) is 17.8 Å². The van der Waals surface area contributed by atoms with E-state index < -0.39 is 0 Å². The highest BCUT2D eigenvalue weighted by atomic mass is 16.5. The molecule has 0 saturated heterocycles. The Morgan fingerprint density at radius 3 is 2.18 bits per heavy atom. The van der Waals surface area contributed by atoms with Crippen LogP contribution in [0.3, 0.4) is 0 Å². The van der Waals surface area contributed by atoms with Gasteiger partial charge < -0.3 is 23.2 Å². The molecule has 3 heterocycles. The minimum absolute atomic E-state index is 0.0856. The fourth-order valence-corrected chi connectivity index (χ4v) is 4.67. The minimum Gasteiger partial charge on any atom is -0.493 e. The van der Waals surface area contributed by atoms with Crippen LogP contribution in [-0.4, -0.2) is 39.0 Å². The lowest BCUT2D eigenvalue weighted by molar-refractivity contribution is 0.258. The summed E-state index contributed by atoms with van der Waals surface area (Å²) in [6.07, 6.45) is 0. The molecule has 9 nitrogen and oxygen atoms in total. The van der Waals surface area contributed by atoms with Crippen molar-refractivity contribution in [3.8, 4) is 17.2 Å². The highest BCUT2D eigenvalue weighted by molar-refractivity contribution is 6.06. The van der Waals surface area contributed by atoms with E-state index in [-0.39, 0.29) is 12.0 Å². The van der Waals surface area contributed by atoms with Crippen LogP contribution in [-0.2, 0) is 18.6 Å². The van der Waals surface area contributed by atoms with Gasteiger partial charge in [0.05, 0.1) is 30.8 Å². The molecule has 0 saturated carbocycles. The Balaban J connectivity index is 1.30. The number of rotatable bonds is 7. The van der Waals surface area contributed by atoms with Crippen molar-refractivity contribution in [2.45, 2.75) is 39.3 Å². The van der Waals surface area contributed by atoms with Crippen molar-refractivity contribution >= 4 is 33.1 Å². The fraction of sp³-hybridized carbons (Fsp3) is 0.267. The van der Waals surface area contributed by atoms with Crippen LogP contribution in [0, 0.1) is 0 Å². The minimum atomic E-state index is 0.0856. The molecule has 9 heteroatoms. The molecule has 39 heavy (non-hydrogen) atoms. The van der Waals surface area contributed by atoms with Gasteiger partial charge in [0.15, 0.2) is 23.8 Å². The summed E-state index contributed by atoms with van der Waals surface area (Å²) in [4.78, 5) is 9.89. The van der Waals surface area contributed by atoms with Crippen LogP contribution in [0.5, 0.6) is 17.2 Å². The van der Waals surface area contributed by atoms with Crippen molar-refractivity contribution in [2.24, 2.45) is 0 Å².